The van der Waals surface area contributed by atoms with Gasteiger partial charge in [-0.05, 0) is 37.6 Å². The number of carbonyl (C=O) groups is 1. The molecule has 6 nitrogen and oxygen atoms in total. The van der Waals surface area contributed by atoms with E-state index in [1.54, 1.807) is 4.90 Å². The van der Waals surface area contributed by atoms with Crippen LogP contribution < -0.4 is 9.47 Å². The van der Waals surface area contributed by atoms with Crippen molar-refractivity contribution in [2.45, 2.75) is 26.5 Å². The van der Waals surface area contributed by atoms with Crippen LogP contribution in [-0.4, -0.2) is 46.9 Å². The summed E-state index contributed by atoms with van der Waals surface area (Å²) in [4.78, 5) is 16.6. The van der Waals surface area contributed by atoms with Crippen molar-refractivity contribution in [3.05, 3.63) is 76.3 Å². The van der Waals surface area contributed by atoms with Crippen molar-refractivity contribution in [2.75, 3.05) is 20.2 Å². The molecule has 2 aromatic heterocycles. The molecule has 0 radical (unpaired) electrons. The number of hydrogen-bond acceptors (Lipinski definition) is 5. The minimum atomic E-state index is -0.202. The Morgan fingerprint density at radius 2 is 1.91 bits per heavy atom. The maximum atomic E-state index is 13.2. The molecule has 0 fully saturated rings. The van der Waals surface area contributed by atoms with Crippen molar-refractivity contribution in [1.29, 1.82) is 0 Å². The summed E-state index contributed by atoms with van der Waals surface area (Å²) in [5.74, 6) is 1.45. The highest BCUT2D eigenvalue weighted by molar-refractivity contribution is 7.20. The lowest BCUT2D eigenvalue weighted by Crippen LogP contribution is -2.41. The monoisotopic (exact) mass is 447 g/mol. The van der Waals surface area contributed by atoms with Gasteiger partial charge in [-0.2, -0.15) is 5.10 Å². The number of likely N-dealkylation sites (N-methyl/N-ethyl adjacent to an activating group) is 1. The molecule has 0 bridgehead atoms. The molecule has 0 N–H and O–H groups in total. The quantitative estimate of drug-likeness (QED) is 0.446. The summed E-state index contributed by atoms with van der Waals surface area (Å²) in [6, 6.07) is 18.0. The molecule has 1 unspecified atom stereocenters. The molecule has 164 valence electrons. The zero-order valence-corrected chi connectivity index (χ0v) is 19.2. The number of benzene rings is 2. The molecule has 3 heterocycles. The Morgan fingerprint density at radius 3 is 2.69 bits per heavy atom. The lowest BCUT2D eigenvalue weighted by molar-refractivity contribution is 0.0524. The zero-order valence-electron chi connectivity index (χ0n) is 18.4. The van der Waals surface area contributed by atoms with Gasteiger partial charge in [0.1, 0.15) is 11.4 Å². The molecular formula is C25H25N3O3S. The average Bonchev–Trinajstić information content (AvgIpc) is 3.36. The van der Waals surface area contributed by atoms with Crippen molar-refractivity contribution in [1.82, 2.24) is 14.7 Å². The summed E-state index contributed by atoms with van der Waals surface area (Å²) in [6.07, 6.45) is -0.202. The average molecular weight is 448 g/mol. The van der Waals surface area contributed by atoms with E-state index in [9.17, 15) is 4.79 Å². The van der Waals surface area contributed by atoms with Crippen LogP contribution in [0.15, 0.2) is 54.6 Å². The van der Waals surface area contributed by atoms with Gasteiger partial charge in [0.25, 0.3) is 5.91 Å². The highest BCUT2D eigenvalue weighted by Gasteiger charge is 2.25. The summed E-state index contributed by atoms with van der Waals surface area (Å²) in [7, 11) is 1.81. The fourth-order valence-corrected chi connectivity index (χ4v) is 5.08. The molecule has 0 spiro atoms. The van der Waals surface area contributed by atoms with E-state index in [4.69, 9.17) is 14.6 Å². The van der Waals surface area contributed by atoms with Gasteiger partial charge in [0.2, 0.25) is 0 Å². The van der Waals surface area contributed by atoms with E-state index < -0.39 is 0 Å². The normalized spacial score (nSPS) is 15.2. The van der Waals surface area contributed by atoms with Gasteiger partial charge in [-0.25, -0.2) is 0 Å². The number of ether oxygens (including phenoxy) is 2. The van der Waals surface area contributed by atoms with Gasteiger partial charge >= 0.3 is 0 Å². The number of carbonyl (C=O) groups excluding carboxylic acids is 1. The number of thiophene rings is 1. The molecule has 5 rings (SSSR count). The van der Waals surface area contributed by atoms with Gasteiger partial charge in [-0.1, -0.05) is 42.0 Å². The molecule has 1 aliphatic heterocycles. The number of aromatic nitrogens is 2. The number of rotatable bonds is 5. The maximum absolute atomic E-state index is 13.2. The minimum absolute atomic E-state index is 0.0186. The van der Waals surface area contributed by atoms with E-state index in [1.807, 2.05) is 49.0 Å². The maximum Gasteiger partial charge on any atom is 0.263 e. The summed E-state index contributed by atoms with van der Waals surface area (Å²) in [5.41, 5.74) is 3.36. The second-order valence-electron chi connectivity index (χ2n) is 8.24. The number of hydrogen-bond donors (Lipinski definition) is 0. The van der Waals surface area contributed by atoms with E-state index in [1.165, 1.54) is 22.5 Å². The Bertz CT molecular complexity index is 1280. The van der Waals surface area contributed by atoms with E-state index in [2.05, 4.69) is 31.2 Å². The van der Waals surface area contributed by atoms with E-state index in [0.29, 0.717) is 24.6 Å². The molecule has 0 aliphatic carbocycles. The number of nitrogens with zero attached hydrogens (tertiary/aromatic N) is 3. The lowest BCUT2D eigenvalue weighted by atomic mass is 10.1. The standard InChI is InChI=1S/C25H25N3O3S/c1-16-8-10-18(11-9-16)13-28-25-20(17(2)26-28)12-23(32-25)24(29)27(3)14-19-15-30-21-6-4-5-7-22(21)31-19/h4-12,19H,13-15H2,1-3H3. The number of fused-ring (bicyclic) bond motifs is 2. The molecule has 7 heteroatoms. The van der Waals surface area contributed by atoms with Crippen LogP contribution in [0, 0.1) is 13.8 Å². The highest BCUT2D eigenvalue weighted by atomic mass is 32.1. The number of aryl methyl sites for hydroxylation is 2. The second kappa shape index (κ2) is 8.31. The first kappa shape index (κ1) is 20.6. The first-order valence-electron chi connectivity index (χ1n) is 10.6. The summed E-state index contributed by atoms with van der Waals surface area (Å²) < 4.78 is 13.8. The largest absolute Gasteiger partial charge is 0.486 e. The van der Waals surface area contributed by atoms with E-state index in [0.717, 1.165) is 27.4 Å². The molecule has 1 aliphatic rings. The summed E-state index contributed by atoms with van der Waals surface area (Å²) >= 11 is 1.49. The Morgan fingerprint density at radius 1 is 1.16 bits per heavy atom. The van der Waals surface area contributed by atoms with Crippen molar-refractivity contribution < 1.29 is 14.3 Å². The third-order valence-corrected chi connectivity index (χ3v) is 6.80. The van der Waals surface area contributed by atoms with Gasteiger partial charge in [-0.15, -0.1) is 11.3 Å². The third kappa shape index (κ3) is 3.96. The Balaban J connectivity index is 1.32. The topological polar surface area (TPSA) is 56.6 Å². The zero-order chi connectivity index (χ0) is 22.2. The molecule has 0 saturated heterocycles. The van der Waals surface area contributed by atoms with E-state index >= 15 is 0 Å². The van der Waals surface area contributed by atoms with Crippen LogP contribution in [0.2, 0.25) is 0 Å². The second-order valence-corrected chi connectivity index (χ2v) is 9.27. The minimum Gasteiger partial charge on any atom is -0.486 e. The van der Waals surface area contributed by atoms with E-state index in [-0.39, 0.29) is 12.0 Å². The lowest BCUT2D eigenvalue weighted by Gasteiger charge is -2.29. The van der Waals surface area contributed by atoms with Gasteiger partial charge < -0.3 is 14.4 Å². The predicted molar refractivity (Wildman–Crippen MR) is 126 cm³/mol. The van der Waals surface area contributed by atoms with Gasteiger partial charge in [0.15, 0.2) is 17.6 Å². The van der Waals surface area contributed by atoms with Gasteiger partial charge in [-0.3, -0.25) is 9.48 Å². The van der Waals surface area contributed by atoms with Crippen molar-refractivity contribution in [3.8, 4) is 11.5 Å². The Hall–Kier alpha value is -3.32. The van der Waals surface area contributed by atoms with Crippen LogP contribution in [0.25, 0.3) is 10.2 Å². The van der Waals surface area contributed by atoms with Gasteiger partial charge in [0.05, 0.1) is 23.7 Å². The fourth-order valence-electron chi connectivity index (χ4n) is 3.92. The fraction of sp³-hybridized carbons (Fsp3) is 0.280. The Kier molecular flexibility index (Phi) is 5.35. The SMILES string of the molecule is Cc1ccc(Cn2nc(C)c3cc(C(=O)N(C)CC4COc5ccccc5O4)sc32)cc1. The molecular weight excluding hydrogens is 422 g/mol. The van der Waals surface area contributed by atoms with Crippen molar-refractivity contribution >= 4 is 27.5 Å². The summed E-state index contributed by atoms with van der Waals surface area (Å²) in [5, 5.41) is 5.73. The van der Waals surface area contributed by atoms with Crippen LogP contribution in [0.5, 0.6) is 11.5 Å². The predicted octanol–water partition coefficient (Wildman–Crippen LogP) is 4.67. The molecule has 0 saturated carbocycles. The van der Waals surface area contributed by atoms with Crippen LogP contribution in [-0.2, 0) is 6.54 Å². The van der Waals surface area contributed by atoms with Crippen LogP contribution in [0.3, 0.4) is 0 Å². The van der Waals surface area contributed by atoms with Crippen LogP contribution in [0.1, 0.15) is 26.5 Å². The highest BCUT2D eigenvalue weighted by Crippen LogP contribution is 2.32. The molecule has 1 atom stereocenters. The first-order valence-corrected chi connectivity index (χ1v) is 11.5. The first-order chi connectivity index (χ1) is 15.5. The molecule has 2 aromatic carbocycles. The van der Waals surface area contributed by atoms with Gasteiger partial charge in [0, 0.05) is 12.4 Å². The van der Waals surface area contributed by atoms with Crippen LogP contribution >= 0.6 is 11.3 Å². The third-order valence-electron chi connectivity index (χ3n) is 5.66. The van der Waals surface area contributed by atoms with Crippen LogP contribution in [0.4, 0.5) is 0 Å². The smallest absolute Gasteiger partial charge is 0.263 e. The van der Waals surface area contributed by atoms with Crippen molar-refractivity contribution in [3.63, 3.8) is 0 Å². The molecule has 4 aromatic rings. The number of para-hydroxylation sites is 2. The van der Waals surface area contributed by atoms with Crippen molar-refractivity contribution in [2.24, 2.45) is 0 Å². The molecule has 32 heavy (non-hydrogen) atoms. The molecule has 1 amide bonds. The Labute approximate surface area is 191 Å². The number of amides is 1. The summed E-state index contributed by atoms with van der Waals surface area (Å²) in [6.45, 7) is 5.63.